The molecule has 0 aromatic heterocycles. The van der Waals surface area contributed by atoms with E-state index >= 15 is 0 Å². The second-order valence-electron chi connectivity index (χ2n) is 7.34. The van der Waals surface area contributed by atoms with Gasteiger partial charge < -0.3 is 4.74 Å². The predicted octanol–water partition coefficient (Wildman–Crippen LogP) is 3.12. The Kier molecular flexibility index (Phi) is 4.52. The summed E-state index contributed by atoms with van der Waals surface area (Å²) in [5.74, 6) is 0.0733. The van der Waals surface area contributed by atoms with Crippen LogP contribution in [-0.4, -0.2) is 41.4 Å². The van der Waals surface area contributed by atoms with Crippen LogP contribution in [0.1, 0.15) is 37.8 Å². The molecule has 0 spiro atoms. The van der Waals surface area contributed by atoms with Gasteiger partial charge in [-0.3, -0.25) is 5.01 Å². The molecular formula is C21H21FN4O2. The minimum atomic E-state index is -0.589. The molecule has 1 fully saturated rings. The average molecular weight is 380 g/mol. The number of nitriles is 1. The number of carbonyl (C=O) groups excluding carboxylic acids is 1. The van der Waals surface area contributed by atoms with Crippen LogP contribution >= 0.6 is 0 Å². The predicted molar refractivity (Wildman–Crippen MR) is 101 cm³/mol. The summed E-state index contributed by atoms with van der Waals surface area (Å²) in [6.45, 7) is 4.49. The number of nitrogens with zero attached hydrogens (tertiary/aromatic N) is 4. The number of allylic oxidation sites excluding steroid dienone is 2. The maximum absolute atomic E-state index is 14.1. The van der Waals surface area contributed by atoms with Crippen LogP contribution in [0.4, 0.5) is 4.39 Å². The first-order valence-electron chi connectivity index (χ1n) is 9.30. The summed E-state index contributed by atoms with van der Waals surface area (Å²) >= 11 is 0. The Morgan fingerprint density at radius 2 is 2.18 bits per heavy atom. The molecule has 28 heavy (non-hydrogen) atoms. The van der Waals surface area contributed by atoms with Crippen LogP contribution in [0.15, 0.2) is 46.4 Å². The Morgan fingerprint density at radius 1 is 1.43 bits per heavy atom. The van der Waals surface area contributed by atoms with Crippen molar-refractivity contribution in [1.29, 1.82) is 5.26 Å². The summed E-state index contributed by atoms with van der Waals surface area (Å²) in [5.41, 5.74) is 2.14. The van der Waals surface area contributed by atoms with E-state index in [0.29, 0.717) is 35.1 Å². The fourth-order valence-electron chi connectivity index (χ4n) is 3.86. The summed E-state index contributed by atoms with van der Waals surface area (Å²) < 4.78 is 19.1. The number of hydrogen-bond acceptors (Lipinski definition) is 6. The normalized spacial score (nSPS) is 20.3. The average Bonchev–Trinajstić information content (AvgIpc) is 3.47. The number of rotatable bonds is 4. The Morgan fingerprint density at radius 3 is 2.82 bits per heavy atom. The van der Waals surface area contributed by atoms with E-state index in [4.69, 9.17) is 4.74 Å². The highest BCUT2D eigenvalue weighted by molar-refractivity contribution is 6.12. The first kappa shape index (κ1) is 18.4. The van der Waals surface area contributed by atoms with Crippen LogP contribution in [0.2, 0.25) is 0 Å². The maximum atomic E-state index is 14.1. The molecule has 2 aliphatic heterocycles. The van der Waals surface area contributed by atoms with Gasteiger partial charge >= 0.3 is 5.97 Å². The largest absolute Gasteiger partial charge is 0.466 e. The summed E-state index contributed by atoms with van der Waals surface area (Å²) in [5, 5.41) is 13.5. The molecule has 1 atom stereocenters. The molecule has 144 valence electrons. The van der Waals surface area contributed by atoms with Gasteiger partial charge in [-0.05, 0) is 44.7 Å². The van der Waals surface area contributed by atoms with Crippen molar-refractivity contribution in [2.24, 2.45) is 10.9 Å². The first-order chi connectivity index (χ1) is 13.5. The van der Waals surface area contributed by atoms with E-state index in [2.05, 4.69) is 16.9 Å². The van der Waals surface area contributed by atoms with Crippen LogP contribution in [0.3, 0.4) is 0 Å². The van der Waals surface area contributed by atoms with Gasteiger partial charge in [-0.1, -0.05) is 12.1 Å². The Balaban J connectivity index is 1.82. The van der Waals surface area contributed by atoms with Gasteiger partial charge in [0, 0.05) is 17.3 Å². The summed E-state index contributed by atoms with van der Waals surface area (Å²) in [6, 6.07) is 6.65. The van der Waals surface area contributed by atoms with E-state index in [1.165, 1.54) is 26.0 Å². The highest BCUT2D eigenvalue weighted by Gasteiger charge is 2.43. The van der Waals surface area contributed by atoms with Gasteiger partial charge in [0.15, 0.2) is 5.82 Å². The lowest BCUT2D eigenvalue weighted by molar-refractivity contribution is -0.136. The zero-order valence-electron chi connectivity index (χ0n) is 16.1. The van der Waals surface area contributed by atoms with Gasteiger partial charge in [-0.2, -0.15) is 5.26 Å². The fraction of sp³-hybridized carbons (Fsp3) is 0.381. The third kappa shape index (κ3) is 2.90. The second-order valence-corrected chi connectivity index (χ2v) is 7.34. The number of hydrogen-bond donors (Lipinski definition) is 0. The summed E-state index contributed by atoms with van der Waals surface area (Å²) in [6.07, 6.45) is 4.19. The van der Waals surface area contributed by atoms with Crippen LogP contribution < -0.4 is 0 Å². The number of ether oxygens (including phenoxy) is 1. The van der Waals surface area contributed by atoms with Crippen molar-refractivity contribution >= 4 is 11.7 Å². The van der Waals surface area contributed by atoms with Gasteiger partial charge in [0.1, 0.15) is 11.9 Å². The van der Waals surface area contributed by atoms with Crippen molar-refractivity contribution in [3.05, 3.63) is 58.3 Å². The van der Waals surface area contributed by atoms with Crippen LogP contribution in [0.25, 0.3) is 0 Å². The number of carbonyl (C=O) groups is 1. The standard InChI is InChI=1S/C21H21FN4O2/c1-12-9-19(15-5-4-6-18(22)16(15)10-23)24-20-17(21(27)28-3)11-25(26(12)20)13(2)14-7-8-14/h4-6,9,13-14H,7-8,11H2,1-3H3. The highest BCUT2D eigenvalue weighted by Crippen LogP contribution is 2.41. The third-order valence-corrected chi connectivity index (χ3v) is 5.56. The molecule has 0 N–H and O–H groups in total. The molecule has 1 aliphatic carbocycles. The molecule has 0 radical (unpaired) electrons. The van der Waals surface area contributed by atoms with Gasteiger partial charge in [-0.25, -0.2) is 19.2 Å². The molecule has 6 nitrogen and oxygen atoms in total. The lowest BCUT2D eigenvalue weighted by atomic mass is 10.0. The molecule has 1 unspecified atom stereocenters. The minimum Gasteiger partial charge on any atom is -0.466 e. The van der Waals surface area contributed by atoms with E-state index in [1.54, 1.807) is 12.1 Å². The maximum Gasteiger partial charge on any atom is 0.338 e. The zero-order valence-corrected chi connectivity index (χ0v) is 16.1. The van der Waals surface area contributed by atoms with Crippen molar-refractivity contribution in [2.75, 3.05) is 13.7 Å². The third-order valence-electron chi connectivity index (χ3n) is 5.56. The van der Waals surface area contributed by atoms with Crippen molar-refractivity contribution in [3.8, 4) is 6.07 Å². The second kappa shape index (κ2) is 6.88. The summed E-state index contributed by atoms with van der Waals surface area (Å²) in [4.78, 5) is 17.1. The molecular weight excluding hydrogens is 359 g/mol. The van der Waals surface area contributed by atoms with E-state index < -0.39 is 11.8 Å². The highest BCUT2D eigenvalue weighted by atomic mass is 19.1. The Labute approximate surface area is 163 Å². The lowest BCUT2D eigenvalue weighted by Crippen LogP contribution is -2.44. The Bertz CT molecular complexity index is 985. The molecule has 1 aromatic carbocycles. The van der Waals surface area contributed by atoms with Crippen molar-refractivity contribution in [2.45, 2.75) is 32.7 Å². The molecule has 0 saturated heterocycles. The van der Waals surface area contributed by atoms with Gasteiger partial charge in [0.25, 0.3) is 0 Å². The van der Waals surface area contributed by atoms with Crippen LogP contribution in [0, 0.1) is 23.1 Å². The number of aliphatic imine (C=N–C) groups is 1. The molecule has 7 heteroatoms. The smallest absolute Gasteiger partial charge is 0.338 e. The first-order valence-corrected chi connectivity index (χ1v) is 9.30. The number of fused-ring (bicyclic) bond motifs is 1. The fourth-order valence-corrected chi connectivity index (χ4v) is 3.86. The molecule has 3 aliphatic rings. The van der Waals surface area contributed by atoms with E-state index in [-0.39, 0.29) is 11.6 Å². The lowest BCUT2D eigenvalue weighted by Gasteiger charge is -2.37. The molecule has 0 amide bonds. The number of esters is 1. The minimum absolute atomic E-state index is 0.0554. The number of benzene rings is 1. The van der Waals surface area contributed by atoms with Crippen molar-refractivity contribution in [3.63, 3.8) is 0 Å². The van der Waals surface area contributed by atoms with Gasteiger partial charge in [-0.15, -0.1) is 0 Å². The topological polar surface area (TPSA) is 68.9 Å². The SMILES string of the molecule is COC(=O)C1=C2N=C(c3cccc(F)c3C#N)C=C(C)N2N(C(C)C2CC2)C1. The monoisotopic (exact) mass is 380 g/mol. The van der Waals surface area contributed by atoms with E-state index in [1.807, 2.05) is 24.1 Å². The quantitative estimate of drug-likeness (QED) is 0.751. The van der Waals surface area contributed by atoms with Gasteiger partial charge in [0.05, 0.1) is 30.5 Å². The summed E-state index contributed by atoms with van der Waals surface area (Å²) in [7, 11) is 1.35. The van der Waals surface area contributed by atoms with Crippen LogP contribution in [0.5, 0.6) is 0 Å². The number of halogens is 1. The van der Waals surface area contributed by atoms with Crippen molar-refractivity contribution in [1.82, 2.24) is 10.0 Å². The molecule has 1 saturated carbocycles. The number of methoxy groups -OCH3 is 1. The molecule has 0 bridgehead atoms. The molecule has 2 heterocycles. The van der Waals surface area contributed by atoms with Gasteiger partial charge in [0.2, 0.25) is 0 Å². The Hall–Kier alpha value is -2.98. The van der Waals surface area contributed by atoms with E-state index in [9.17, 15) is 14.4 Å². The number of hydrazine groups is 1. The van der Waals surface area contributed by atoms with Crippen molar-refractivity contribution < 1.29 is 13.9 Å². The molecule has 1 aromatic rings. The van der Waals surface area contributed by atoms with Crippen LogP contribution in [-0.2, 0) is 9.53 Å². The zero-order chi connectivity index (χ0) is 20.0. The molecule has 4 rings (SSSR count). The van der Waals surface area contributed by atoms with E-state index in [0.717, 1.165) is 5.70 Å².